The van der Waals surface area contributed by atoms with E-state index in [1.54, 1.807) is 0 Å². The van der Waals surface area contributed by atoms with E-state index in [4.69, 9.17) is 4.98 Å². The van der Waals surface area contributed by atoms with Crippen LogP contribution in [0, 0.1) is 0 Å². The molecule has 2 aliphatic rings. The zero-order valence-corrected chi connectivity index (χ0v) is 17.6. The van der Waals surface area contributed by atoms with Crippen molar-refractivity contribution in [2.45, 2.75) is 18.9 Å². The lowest BCUT2D eigenvalue weighted by molar-refractivity contribution is 0.637. The van der Waals surface area contributed by atoms with E-state index in [-0.39, 0.29) is 0 Å². The van der Waals surface area contributed by atoms with Crippen LogP contribution in [0.2, 0.25) is 0 Å². The van der Waals surface area contributed by atoms with E-state index in [1.807, 2.05) is 24.2 Å². The first-order chi connectivity index (χ1) is 14.9. The van der Waals surface area contributed by atoms with E-state index in [1.165, 1.54) is 16.9 Å². The second-order valence-corrected chi connectivity index (χ2v) is 9.16. The number of anilines is 1. The molecule has 5 nitrogen and oxygen atoms in total. The summed E-state index contributed by atoms with van der Waals surface area (Å²) in [6, 6.07) is 17.7. The Morgan fingerprint density at radius 3 is 2.50 bits per heavy atom. The molecule has 0 radical (unpaired) electrons. The number of aromatic nitrogens is 4. The highest BCUT2D eigenvalue weighted by molar-refractivity contribution is 7.99. The number of rotatable bonds is 3. The third-order valence-electron chi connectivity index (χ3n) is 6.17. The fourth-order valence-corrected chi connectivity index (χ4v) is 5.53. The molecule has 30 heavy (non-hydrogen) atoms. The second kappa shape index (κ2) is 7.43. The molecule has 0 spiro atoms. The molecule has 6 heteroatoms. The van der Waals surface area contributed by atoms with Crippen molar-refractivity contribution in [2.75, 3.05) is 29.5 Å². The van der Waals surface area contributed by atoms with Crippen molar-refractivity contribution in [3.05, 3.63) is 72.3 Å². The van der Waals surface area contributed by atoms with Gasteiger partial charge in [0, 0.05) is 49.0 Å². The summed E-state index contributed by atoms with van der Waals surface area (Å²) in [6.07, 6.45) is 6.05. The molecule has 0 bridgehead atoms. The first-order valence-electron chi connectivity index (χ1n) is 10.6. The fourth-order valence-electron chi connectivity index (χ4n) is 4.63. The van der Waals surface area contributed by atoms with Crippen LogP contribution in [0.4, 0.5) is 5.95 Å². The van der Waals surface area contributed by atoms with Crippen LogP contribution >= 0.6 is 11.8 Å². The number of thioether (sulfide) groups is 1. The van der Waals surface area contributed by atoms with Crippen LogP contribution in [0.25, 0.3) is 22.2 Å². The molecule has 0 N–H and O–H groups in total. The molecule has 2 aromatic heterocycles. The lowest BCUT2D eigenvalue weighted by atomic mass is 10.0. The predicted molar refractivity (Wildman–Crippen MR) is 123 cm³/mol. The van der Waals surface area contributed by atoms with Gasteiger partial charge in [-0.1, -0.05) is 36.4 Å². The topological polar surface area (TPSA) is 46.8 Å². The maximum absolute atomic E-state index is 4.90. The summed E-state index contributed by atoms with van der Waals surface area (Å²) in [5.74, 6) is 4.33. The Hall–Kier alpha value is -2.86. The van der Waals surface area contributed by atoms with E-state index >= 15 is 0 Å². The Balaban J connectivity index is 1.36. The highest BCUT2D eigenvalue weighted by Crippen LogP contribution is 2.36. The Kier molecular flexibility index (Phi) is 4.45. The molecule has 4 heterocycles. The first kappa shape index (κ1) is 18.0. The molecule has 4 aromatic rings. The number of hydrogen-bond donors (Lipinski definition) is 0. The van der Waals surface area contributed by atoms with E-state index in [0.717, 1.165) is 60.0 Å². The molecular weight excluding hydrogens is 390 g/mol. The number of fused-ring (bicyclic) bond motifs is 3. The summed E-state index contributed by atoms with van der Waals surface area (Å²) < 4.78 is 2.43. The number of hydrogen-bond acceptors (Lipinski definition) is 5. The summed E-state index contributed by atoms with van der Waals surface area (Å²) in [6.45, 7) is 2.05. The summed E-state index contributed by atoms with van der Waals surface area (Å²) in [4.78, 5) is 16.5. The van der Waals surface area contributed by atoms with Gasteiger partial charge in [-0.2, -0.15) is 11.8 Å². The van der Waals surface area contributed by atoms with Gasteiger partial charge in [-0.05, 0) is 29.7 Å². The maximum Gasteiger partial charge on any atom is 0.225 e. The Morgan fingerprint density at radius 1 is 0.900 bits per heavy atom. The quantitative estimate of drug-likeness (QED) is 0.492. The van der Waals surface area contributed by atoms with Gasteiger partial charge in [0.05, 0.1) is 17.1 Å². The molecule has 6 rings (SSSR count). The number of benzene rings is 2. The molecule has 2 aromatic carbocycles. The Morgan fingerprint density at radius 2 is 1.70 bits per heavy atom. The largest absolute Gasteiger partial charge is 0.339 e. The zero-order valence-electron chi connectivity index (χ0n) is 16.7. The van der Waals surface area contributed by atoms with Crippen LogP contribution in [-0.2, 0) is 6.42 Å². The summed E-state index contributed by atoms with van der Waals surface area (Å²) in [5, 5.41) is 0. The zero-order chi connectivity index (χ0) is 19.9. The van der Waals surface area contributed by atoms with Crippen molar-refractivity contribution in [2.24, 2.45) is 0 Å². The molecule has 0 aliphatic carbocycles. The minimum absolute atomic E-state index is 0.358. The molecule has 1 fully saturated rings. The van der Waals surface area contributed by atoms with Crippen molar-refractivity contribution < 1.29 is 0 Å². The van der Waals surface area contributed by atoms with Gasteiger partial charge >= 0.3 is 0 Å². The smallest absolute Gasteiger partial charge is 0.225 e. The van der Waals surface area contributed by atoms with Gasteiger partial charge in [-0.15, -0.1) is 0 Å². The van der Waals surface area contributed by atoms with E-state index in [0.29, 0.717) is 6.04 Å². The summed E-state index contributed by atoms with van der Waals surface area (Å²) >= 11 is 2.00. The van der Waals surface area contributed by atoms with E-state index < -0.39 is 0 Å². The van der Waals surface area contributed by atoms with Crippen LogP contribution < -0.4 is 4.90 Å². The van der Waals surface area contributed by atoms with Crippen LogP contribution in [0.15, 0.2) is 60.9 Å². The van der Waals surface area contributed by atoms with Crippen LogP contribution in [0.3, 0.4) is 0 Å². The summed E-state index contributed by atoms with van der Waals surface area (Å²) in [5.41, 5.74) is 5.82. The van der Waals surface area contributed by atoms with Crippen molar-refractivity contribution >= 4 is 28.7 Å². The van der Waals surface area contributed by atoms with Crippen LogP contribution in [-0.4, -0.2) is 44.1 Å². The highest BCUT2D eigenvalue weighted by atomic mass is 32.2. The number of imidazole rings is 1. The average molecular weight is 414 g/mol. The fraction of sp³-hybridized carbons (Fsp3) is 0.292. The lowest BCUT2D eigenvalue weighted by Gasteiger charge is -2.26. The SMILES string of the molecule is c1ccc([C@H]2CCc3nc4ccc(-c5cnc(N6CCSCC6)nc5)cc4n32)cc1. The van der Waals surface area contributed by atoms with Crippen LogP contribution in [0.5, 0.6) is 0 Å². The minimum Gasteiger partial charge on any atom is -0.339 e. The van der Waals surface area contributed by atoms with Crippen molar-refractivity contribution in [3.63, 3.8) is 0 Å². The molecule has 0 amide bonds. The standard InChI is InChI=1S/C24H23N5S/c1-2-4-17(5-3-1)21-8-9-23-27-20-7-6-18(14-22(20)29(21)23)19-15-25-24(26-16-19)28-10-12-30-13-11-28/h1-7,14-16,21H,8-13H2/t21-/m1/s1. The third-order valence-corrected chi connectivity index (χ3v) is 7.11. The molecule has 1 saturated heterocycles. The molecular formula is C24H23N5S. The van der Waals surface area contributed by atoms with E-state index in [9.17, 15) is 0 Å². The average Bonchev–Trinajstić information content (AvgIpc) is 3.39. The monoisotopic (exact) mass is 413 g/mol. The van der Waals surface area contributed by atoms with Gasteiger partial charge in [0.1, 0.15) is 5.82 Å². The molecule has 1 atom stereocenters. The number of aryl methyl sites for hydroxylation is 1. The predicted octanol–water partition coefficient (Wildman–Crippen LogP) is 4.58. The lowest BCUT2D eigenvalue weighted by Crippen LogP contribution is -2.33. The van der Waals surface area contributed by atoms with E-state index in [2.05, 4.69) is 68.0 Å². The third kappa shape index (κ3) is 3.06. The first-order valence-corrected chi connectivity index (χ1v) is 11.7. The Bertz CT molecular complexity index is 1180. The molecule has 0 unspecified atom stereocenters. The van der Waals surface area contributed by atoms with Crippen molar-refractivity contribution in [1.29, 1.82) is 0 Å². The van der Waals surface area contributed by atoms with Crippen molar-refractivity contribution in [1.82, 2.24) is 19.5 Å². The van der Waals surface area contributed by atoms with Gasteiger partial charge < -0.3 is 9.47 Å². The van der Waals surface area contributed by atoms with Gasteiger partial charge in [0.15, 0.2) is 0 Å². The Labute approximate surface area is 180 Å². The summed E-state index contributed by atoms with van der Waals surface area (Å²) in [7, 11) is 0. The van der Waals surface area contributed by atoms with Gasteiger partial charge in [-0.3, -0.25) is 0 Å². The second-order valence-electron chi connectivity index (χ2n) is 7.94. The van der Waals surface area contributed by atoms with Gasteiger partial charge in [-0.25, -0.2) is 15.0 Å². The van der Waals surface area contributed by atoms with Gasteiger partial charge in [0.2, 0.25) is 5.95 Å². The molecule has 0 saturated carbocycles. The highest BCUT2D eigenvalue weighted by Gasteiger charge is 2.27. The van der Waals surface area contributed by atoms with Gasteiger partial charge in [0.25, 0.3) is 0 Å². The molecule has 2 aliphatic heterocycles. The normalized spacial score (nSPS) is 18.7. The molecule has 150 valence electrons. The maximum atomic E-state index is 4.90. The minimum atomic E-state index is 0.358. The van der Waals surface area contributed by atoms with Crippen LogP contribution in [0.1, 0.15) is 23.9 Å². The number of nitrogens with zero attached hydrogens (tertiary/aromatic N) is 5. The van der Waals surface area contributed by atoms with Crippen molar-refractivity contribution in [3.8, 4) is 11.1 Å².